The molecule has 0 heterocycles. The largest absolute Gasteiger partial charge is 0.417 e. The molecule has 94 valence electrons. The van der Waals surface area contributed by atoms with Gasteiger partial charge in [-0.3, -0.25) is 4.79 Å². The molecule has 0 unspecified atom stereocenters. The lowest BCUT2D eigenvalue weighted by Gasteiger charge is -2.12. The molecular formula is C9H5Cl2F3INO. The van der Waals surface area contributed by atoms with Gasteiger partial charge in [-0.2, -0.15) is 13.2 Å². The Balaban J connectivity index is 3.14. The highest BCUT2D eigenvalue weighted by atomic mass is 127. The summed E-state index contributed by atoms with van der Waals surface area (Å²) >= 11 is 12.9. The molecule has 0 aliphatic carbocycles. The first-order valence-corrected chi connectivity index (χ1v) is 6.46. The highest BCUT2D eigenvalue weighted by molar-refractivity contribution is 14.1. The second kappa shape index (κ2) is 5.62. The number of hydrogen-bond acceptors (Lipinski definition) is 1. The van der Waals surface area contributed by atoms with E-state index in [1.54, 1.807) is 0 Å². The Kier molecular flexibility index (Phi) is 4.91. The second-order valence-electron chi connectivity index (χ2n) is 2.99. The van der Waals surface area contributed by atoms with Gasteiger partial charge in [0.1, 0.15) is 0 Å². The van der Waals surface area contributed by atoms with Crippen molar-refractivity contribution in [2.24, 2.45) is 0 Å². The van der Waals surface area contributed by atoms with Crippen LogP contribution in [0, 0.1) is 0 Å². The summed E-state index contributed by atoms with van der Waals surface area (Å²) in [6.45, 7) is 0. The number of halogens is 6. The number of amides is 1. The number of rotatable bonds is 2. The van der Waals surface area contributed by atoms with E-state index in [9.17, 15) is 18.0 Å². The molecule has 0 aromatic heterocycles. The molecule has 0 radical (unpaired) electrons. The van der Waals surface area contributed by atoms with Crippen LogP contribution < -0.4 is 5.32 Å². The predicted octanol–water partition coefficient (Wildman–Crippen LogP) is 4.39. The van der Waals surface area contributed by atoms with Crippen LogP contribution in [0.4, 0.5) is 18.9 Å². The quantitative estimate of drug-likeness (QED) is 0.582. The van der Waals surface area contributed by atoms with E-state index >= 15 is 0 Å². The minimum absolute atomic E-state index is 0.0614. The van der Waals surface area contributed by atoms with Crippen LogP contribution in [0.25, 0.3) is 0 Å². The Hall–Kier alpha value is -0.210. The first-order chi connectivity index (χ1) is 7.75. The van der Waals surface area contributed by atoms with Crippen LogP contribution in [0.2, 0.25) is 10.0 Å². The number of carbonyl (C=O) groups is 1. The van der Waals surface area contributed by atoms with E-state index in [-0.39, 0.29) is 21.0 Å². The van der Waals surface area contributed by atoms with Crippen LogP contribution in [0.5, 0.6) is 0 Å². The van der Waals surface area contributed by atoms with E-state index in [1.807, 2.05) is 22.6 Å². The summed E-state index contributed by atoms with van der Waals surface area (Å²) in [5.74, 6) is -0.372. The van der Waals surface area contributed by atoms with E-state index in [0.717, 1.165) is 6.07 Å². The van der Waals surface area contributed by atoms with Gasteiger partial charge in [0.05, 0.1) is 25.7 Å². The SMILES string of the molecule is O=C(CI)Nc1cc(Cl)c(C(F)(F)F)cc1Cl. The maximum absolute atomic E-state index is 12.5. The normalized spacial score (nSPS) is 11.4. The average Bonchev–Trinajstić information content (AvgIpc) is 2.21. The third-order valence-electron chi connectivity index (χ3n) is 1.76. The minimum atomic E-state index is -4.58. The first kappa shape index (κ1) is 14.8. The highest BCUT2D eigenvalue weighted by Crippen LogP contribution is 2.39. The van der Waals surface area contributed by atoms with Crippen LogP contribution in [0.1, 0.15) is 5.56 Å². The molecule has 0 atom stereocenters. The van der Waals surface area contributed by atoms with Gasteiger partial charge in [0.25, 0.3) is 0 Å². The third-order valence-corrected chi connectivity index (χ3v) is 3.08. The molecule has 1 aromatic rings. The van der Waals surface area contributed by atoms with Gasteiger partial charge in [-0.15, -0.1) is 0 Å². The van der Waals surface area contributed by atoms with E-state index < -0.39 is 16.8 Å². The Morgan fingerprint density at radius 2 is 1.88 bits per heavy atom. The van der Waals surface area contributed by atoms with E-state index in [4.69, 9.17) is 23.2 Å². The topological polar surface area (TPSA) is 29.1 Å². The van der Waals surface area contributed by atoms with Crippen LogP contribution >= 0.6 is 45.8 Å². The van der Waals surface area contributed by atoms with Gasteiger partial charge in [-0.25, -0.2) is 0 Å². The fourth-order valence-corrected chi connectivity index (χ4v) is 1.72. The molecule has 1 amide bonds. The third kappa shape index (κ3) is 3.89. The Bertz CT molecular complexity index is 451. The van der Waals surface area contributed by atoms with Crippen molar-refractivity contribution in [3.8, 4) is 0 Å². The van der Waals surface area contributed by atoms with Crippen LogP contribution in [-0.4, -0.2) is 10.3 Å². The van der Waals surface area contributed by atoms with Crippen molar-refractivity contribution in [3.63, 3.8) is 0 Å². The number of nitrogens with one attached hydrogen (secondary N) is 1. The highest BCUT2D eigenvalue weighted by Gasteiger charge is 2.34. The van der Waals surface area contributed by atoms with Gasteiger partial charge >= 0.3 is 6.18 Å². The molecule has 0 fully saturated rings. The minimum Gasteiger partial charge on any atom is -0.324 e. The zero-order valence-electron chi connectivity index (χ0n) is 8.04. The smallest absolute Gasteiger partial charge is 0.324 e. The lowest BCUT2D eigenvalue weighted by Crippen LogP contribution is -2.13. The van der Waals surface area contributed by atoms with Crippen molar-refractivity contribution in [2.75, 3.05) is 9.74 Å². The summed E-state index contributed by atoms with van der Waals surface area (Å²) in [4.78, 5) is 11.1. The molecule has 0 aliphatic heterocycles. The Labute approximate surface area is 119 Å². The fraction of sp³-hybridized carbons (Fsp3) is 0.222. The van der Waals surface area contributed by atoms with Gasteiger partial charge in [0, 0.05) is 0 Å². The monoisotopic (exact) mass is 397 g/mol. The van der Waals surface area contributed by atoms with Crippen molar-refractivity contribution < 1.29 is 18.0 Å². The van der Waals surface area contributed by atoms with E-state index in [0.29, 0.717) is 6.07 Å². The maximum Gasteiger partial charge on any atom is 0.417 e. The van der Waals surface area contributed by atoms with Crippen molar-refractivity contribution in [1.29, 1.82) is 0 Å². The van der Waals surface area contributed by atoms with Gasteiger partial charge in [-0.1, -0.05) is 45.8 Å². The van der Waals surface area contributed by atoms with Crippen LogP contribution in [-0.2, 0) is 11.0 Å². The number of benzene rings is 1. The van der Waals surface area contributed by atoms with Crippen molar-refractivity contribution in [3.05, 3.63) is 27.7 Å². The second-order valence-corrected chi connectivity index (χ2v) is 4.57. The Morgan fingerprint density at radius 3 is 2.35 bits per heavy atom. The average molecular weight is 398 g/mol. The van der Waals surface area contributed by atoms with Gasteiger partial charge in [-0.05, 0) is 12.1 Å². The van der Waals surface area contributed by atoms with Crippen molar-refractivity contribution >= 4 is 57.4 Å². The molecule has 1 rings (SSSR count). The summed E-state index contributed by atoms with van der Waals surface area (Å²) in [7, 11) is 0. The summed E-state index contributed by atoms with van der Waals surface area (Å²) in [5.41, 5.74) is -0.969. The molecule has 0 saturated heterocycles. The molecule has 0 spiro atoms. The molecule has 0 bridgehead atoms. The van der Waals surface area contributed by atoms with Crippen LogP contribution in [0.15, 0.2) is 12.1 Å². The van der Waals surface area contributed by atoms with Gasteiger partial charge < -0.3 is 5.32 Å². The number of anilines is 1. The van der Waals surface area contributed by atoms with E-state index in [1.165, 1.54) is 0 Å². The van der Waals surface area contributed by atoms with Gasteiger partial charge in [0.15, 0.2) is 0 Å². The standard InChI is InChI=1S/C9H5Cl2F3INO/c10-5-2-7(16-8(17)3-15)6(11)1-4(5)9(12,13)14/h1-2H,3H2,(H,16,17). The lowest BCUT2D eigenvalue weighted by molar-refractivity contribution is -0.137. The zero-order chi connectivity index (χ0) is 13.2. The molecule has 0 saturated carbocycles. The maximum atomic E-state index is 12.5. The molecule has 2 nitrogen and oxygen atoms in total. The van der Waals surface area contributed by atoms with Gasteiger partial charge in [0.2, 0.25) is 5.91 Å². The lowest BCUT2D eigenvalue weighted by atomic mass is 10.2. The van der Waals surface area contributed by atoms with Crippen molar-refractivity contribution in [1.82, 2.24) is 0 Å². The zero-order valence-corrected chi connectivity index (χ0v) is 11.7. The molecule has 1 aromatic carbocycles. The molecule has 0 aliphatic rings. The predicted molar refractivity (Wildman–Crippen MR) is 69.0 cm³/mol. The molecule has 17 heavy (non-hydrogen) atoms. The Morgan fingerprint density at radius 1 is 1.29 bits per heavy atom. The number of alkyl halides is 4. The van der Waals surface area contributed by atoms with E-state index in [2.05, 4.69) is 5.32 Å². The summed E-state index contributed by atoms with van der Waals surface area (Å²) in [5, 5.41) is 1.63. The summed E-state index contributed by atoms with van der Waals surface area (Å²) in [6, 6.07) is 1.67. The van der Waals surface area contributed by atoms with Crippen LogP contribution in [0.3, 0.4) is 0 Å². The fourth-order valence-electron chi connectivity index (χ4n) is 1.04. The molecular weight excluding hydrogens is 393 g/mol. The number of carbonyl (C=O) groups excluding carboxylic acids is 1. The summed E-state index contributed by atoms with van der Waals surface area (Å²) in [6.07, 6.45) is -4.58. The number of hydrogen-bond donors (Lipinski definition) is 1. The first-order valence-electron chi connectivity index (χ1n) is 4.17. The molecule has 8 heteroatoms. The summed E-state index contributed by atoms with van der Waals surface area (Å²) < 4.78 is 37.5. The van der Waals surface area contributed by atoms with Crippen molar-refractivity contribution in [2.45, 2.75) is 6.18 Å². The molecule has 1 N–H and O–H groups in total.